The quantitative estimate of drug-likeness (QED) is 0.484. The molecule has 1 saturated heterocycles. The smallest absolute Gasteiger partial charge is 0.303 e. The molecule has 1 fully saturated rings. The molecule has 30 heavy (non-hydrogen) atoms. The summed E-state index contributed by atoms with van der Waals surface area (Å²) in [5.74, 6) is -1.79. The van der Waals surface area contributed by atoms with E-state index < -0.39 is 47.7 Å². The fourth-order valence-electron chi connectivity index (χ4n) is 2.74. The molecule has 2 rings (SSSR count). The summed E-state index contributed by atoms with van der Waals surface area (Å²) in [6.45, 7) is 3.40. The second kappa shape index (κ2) is 10.6. The van der Waals surface area contributed by atoms with Crippen LogP contribution < -0.4 is 5.73 Å². The molecule has 0 aromatic carbocycles. The number of hydrogen-bond donors (Lipinski definition) is 1. The van der Waals surface area contributed by atoms with Gasteiger partial charge in [-0.2, -0.15) is 5.26 Å². The van der Waals surface area contributed by atoms with Gasteiger partial charge in [0, 0.05) is 31.9 Å². The zero-order chi connectivity index (χ0) is 22.4. The molecule has 10 nitrogen and oxygen atoms in total. The second-order valence-corrected chi connectivity index (χ2v) is 7.88. The van der Waals surface area contributed by atoms with Gasteiger partial charge in [0.2, 0.25) is 0 Å². The molecule has 5 atom stereocenters. The number of pyridine rings is 1. The number of rotatable bonds is 6. The molecule has 2 N–H and O–H groups in total. The highest BCUT2D eigenvalue weighted by Crippen LogP contribution is 2.36. The first-order chi connectivity index (χ1) is 14.1. The number of nitrogens with two attached hydrogens (primary N) is 1. The number of carbonyl (C=O) groups is 3. The van der Waals surface area contributed by atoms with Gasteiger partial charge in [-0.3, -0.25) is 14.4 Å². The molecule has 1 aliphatic rings. The zero-order valence-corrected chi connectivity index (χ0v) is 17.9. The number of aromatic nitrogens is 1. The van der Waals surface area contributed by atoms with Gasteiger partial charge < -0.3 is 24.7 Å². The summed E-state index contributed by atoms with van der Waals surface area (Å²) < 4.78 is 21.6. The minimum Gasteiger partial charge on any atom is -0.463 e. The third-order valence-electron chi connectivity index (χ3n) is 3.93. The summed E-state index contributed by atoms with van der Waals surface area (Å²) in [7, 11) is 0. The van der Waals surface area contributed by atoms with Crippen molar-refractivity contribution in [1.82, 2.24) is 4.98 Å². The summed E-state index contributed by atoms with van der Waals surface area (Å²) in [5, 5.41) is 9.10. The highest BCUT2D eigenvalue weighted by Gasteiger charge is 2.48. The van der Waals surface area contributed by atoms with Gasteiger partial charge in [0.1, 0.15) is 30.3 Å². The van der Waals surface area contributed by atoms with Gasteiger partial charge in [-0.15, -0.1) is 0 Å². The van der Waals surface area contributed by atoms with Crippen molar-refractivity contribution < 1.29 is 33.3 Å². The summed E-state index contributed by atoms with van der Waals surface area (Å²) in [6.07, 6.45) is -1.52. The Morgan fingerprint density at radius 1 is 1.23 bits per heavy atom. The minimum atomic E-state index is -1.02. The van der Waals surface area contributed by atoms with E-state index in [2.05, 4.69) is 4.98 Å². The largest absolute Gasteiger partial charge is 0.463 e. The molecule has 2 heterocycles. The standard InChI is InChI=1S/C18H20ClN3O7S/c1-8(23)26-7-14-16(27-9(2)24)15(21)17(28-10(3)25)18(29-14)30-11-4-12(19)13(5-20)22-6-11/h4,6,14-18H,7,21H2,1-3H3. The number of hydrogen-bond acceptors (Lipinski definition) is 11. The van der Waals surface area contributed by atoms with Crippen LogP contribution in [-0.2, 0) is 33.3 Å². The molecule has 0 radical (unpaired) electrons. The van der Waals surface area contributed by atoms with Crippen LogP contribution in [-0.4, -0.2) is 59.3 Å². The van der Waals surface area contributed by atoms with Gasteiger partial charge in [-0.1, -0.05) is 23.4 Å². The first kappa shape index (κ1) is 23.9. The van der Waals surface area contributed by atoms with E-state index >= 15 is 0 Å². The number of esters is 3. The topological polar surface area (TPSA) is 151 Å². The number of halogens is 1. The number of thioether (sulfide) groups is 1. The lowest BCUT2D eigenvalue weighted by Crippen LogP contribution is -2.63. The zero-order valence-electron chi connectivity index (χ0n) is 16.4. The van der Waals surface area contributed by atoms with Crippen molar-refractivity contribution in [2.24, 2.45) is 5.73 Å². The van der Waals surface area contributed by atoms with Crippen LogP contribution in [0.2, 0.25) is 5.02 Å². The third-order valence-corrected chi connectivity index (χ3v) is 5.33. The molecule has 0 spiro atoms. The van der Waals surface area contributed by atoms with Crippen LogP contribution in [0.4, 0.5) is 0 Å². The molecular formula is C18H20ClN3O7S. The first-order valence-corrected chi connectivity index (χ1v) is 9.99. The molecule has 0 amide bonds. The Morgan fingerprint density at radius 3 is 2.40 bits per heavy atom. The highest BCUT2D eigenvalue weighted by atomic mass is 35.5. The maximum Gasteiger partial charge on any atom is 0.303 e. The SMILES string of the molecule is CC(=O)OCC1OC(Sc2cnc(C#N)c(Cl)c2)C(OC(C)=O)C(N)C1OC(C)=O. The van der Waals surface area contributed by atoms with Crippen molar-refractivity contribution in [2.45, 2.75) is 55.5 Å². The molecule has 12 heteroatoms. The normalized spacial score (nSPS) is 25.7. The van der Waals surface area contributed by atoms with Gasteiger partial charge in [-0.05, 0) is 6.07 Å². The lowest BCUT2D eigenvalue weighted by atomic mass is 9.97. The summed E-state index contributed by atoms with van der Waals surface area (Å²) in [4.78, 5) is 38.9. The highest BCUT2D eigenvalue weighted by molar-refractivity contribution is 7.99. The molecule has 1 aromatic rings. The maximum atomic E-state index is 11.6. The van der Waals surface area contributed by atoms with Crippen molar-refractivity contribution in [3.63, 3.8) is 0 Å². The predicted octanol–water partition coefficient (Wildman–Crippen LogP) is 1.18. The molecular weight excluding hydrogens is 438 g/mol. The van der Waals surface area contributed by atoms with Crippen LogP contribution >= 0.6 is 23.4 Å². The van der Waals surface area contributed by atoms with Gasteiger partial charge >= 0.3 is 17.9 Å². The molecule has 0 saturated carbocycles. The van der Waals surface area contributed by atoms with E-state index in [0.717, 1.165) is 11.8 Å². The van der Waals surface area contributed by atoms with Crippen LogP contribution in [0.3, 0.4) is 0 Å². The van der Waals surface area contributed by atoms with Gasteiger partial charge in [0.15, 0.2) is 11.8 Å². The molecule has 162 valence electrons. The summed E-state index contributed by atoms with van der Waals surface area (Å²) >= 11 is 7.12. The molecule has 5 unspecified atom stereocenters. The van der Waals surface area contributed by atoms with Crippen molar-refractivity contribution in [1.29, 1.82) is 5.26 Å². The van der Waals surface area contributed by atoms with Crippen LogP contribution in [0.15, 0.2) is 17.2 Å². The van der Waals surface area contributed by atoms with E-state index in [1.54, 1.807) is 0 Å². The Hall–Kier alpha value is -2.39. The Bertz CT molecular complexity index is 861. The monoisotopic (exact) mass is 457 g/mol. The fraction of sp³-hybridized carbons (Fsp3) is 0.500. The maximum absolute atomic E-state index is 11.6. The van der Waals surface area contributed by atoms with E-state index in [1.165, 1.54) is 33.0 Å². The van der Waals surface area contributed by atoms with E-state index in [1.807, 2.05) is 6.07 Å². The number of nitriles is 1. The average molecular weight is 458 g/mol. The first-order valence-electron chi connectivity index (χ1n) is 8.73. The van der Waals surface area contributed by atoms with Crippen LogP contribution in [0.1, 0.15) is 26.5 Å². The Kier molecular flexibility index (Phi) is 8.43. The Morgan fingerprint density at radius 2 is 1.87 bits per heavy atom. The third kappa shape index (κ3) is 6.30. The van der Waals surface area contributed by atoms with Crippen LogP contribution in [0.5, 0.6) is 0 Å². The van der Waals surface area contributed by atoms with E-state index in [-0.39, 0.29) is 17.3 Å². The van der Waals surface area contributed by atoms with E-state index in [4.69, 9.17) is 41.5 Å². The summed E-state index contributed by atoms with van der Waals surface area (Å²) in [6, 6.07) is 2.40. The van der Waals surface area contributed by atoms with E-state index in [0.29, 0.717) is 4.90 Å². The van der Waals surface area contributed by atoms with Gasteiger partial charge in [0.05, 0.1) is 11.1 Å². The Labute approximate surface area is 181 Å². The van der Waals surface area contributed by atoms with Gasteiger partial charge in [0.25, 0.3) is 0 Å². The van der Waals surface area contributed by atoms with Crippen LogP contribution in [0.25, 0.3) is 0 Å². The number of nitrogens with zero attached hydrogens (tertiary/aromatic N) is 2. The summed E-state index contributed by atoms with van der Waals surface area (Å²) in [5.41, 5.74) is 5.46. The Balaban J connectivity index is 2.33. The number of carbonyl (C=O) groups excluding carboxylic acids is 3. The lowest BCUT2D eigenvalue weighted by molar-refractivity contribution is -0.201. The van der Waals surface area contributed by atoms with Crippen molar-refractivity contribution >= 4 is 41.3 Å². The second-order valence-electron chi connectivity index (χ2n) is 6.30. The molecule has 1 aliphatic heterocycles. The minimum absolute atomic E-state index is 0.0569. The molecule has 0 bridgehead atoms. The lowest BCUT2D eigenvalue weighted by Gasteiger charge is -2.43. The predicted molar refractivity (Wildman–Crippen MR) is 104 cm³/mol. The molecule has 0 aliphatic carbocycles. The average Bonchev–Trinajstić information content (AvgIpc) is 2.65. The fourth-order valence-corrected chi connectivity index (χ4v) is 4.16. The molecule has 1 aromatic heterocycles. The van der Waals surface area contributed by atoms with Crippen LogP contribution in [0, 0.1) is 11.3 Å². The number of ether oxygens (including phenoxy) is 4. The van der Waals surface area contributed by atoms with E-state index in [9.17, 15) is 14.4 Å². The van der Waals surface area contributed by atoms with Gasteiger partial charge in [-0.25, -0.2) is 4.98 Å². The van der Waals surface area contributed by atoms with Crippen molar-refractivity contribution in [3.8, 4) is 6.07 Å². The van der Waals surface area contributed by atoms with Crippen molar-refractivity contribution in [2.75, 3.05) is 6.61 Å². The van der Waals surface area contributed by atoms with Crippen molar-refractivity contribution in [3.05, 3.63) is 23.0 Å².